The van der Waals surface area contributed by atoms with E-state index in [-0.39, 0.29) is 11.8 Å². The van der Waals surface area contributed by atoms with Gasteiger partial charge in [-0.1, -0.05) is 12.1 Å². The Labute approximate surface area is 199 Å². The molecule has 2 aromatic rings. The minimum Gasteiger partial charge on any atom is -0.328 e. The number of rotatable bonds is 4. The number of fused-ring (bicyclic) bond motifs is 1. The van der Waals surface area contributed by atoms with Gasteiger partial charge in [0, 0.05) is 51.0 Å². The van der Waals surface area contributed by atoms with E-state index in [1.165, 1.54) is 10.1 Å². The van der Waals surface area contributed by atoms with E-state index in [1.807, 2.05) is 12.1 Å². The molecule has 1 aromatic heterocycles. The Bertz CT molecular complexity index is 1120. The second-order valence-corrected chi connectivity index (χ2v) is 10.8. The molecule has 2 aliphatic carbocycles. The van der Waals surface area contributed by atoms with Crippen LogP contribution in [0.3, 0.4) is 0 Å². The number of amides is 2. The second kappa shape index (κ2) is 8.18. The van der Waals surface area contributed by atoms with Crippen molar-refractivity contribution in [2.24, 2.45) is 28.7 Å². The summed E-state index contributed by atoms with van der Waals surface area (Å²) in [5, 5.41) is 2.79. The van der Waals surface area contributed by atoms with Crippen LogP contribution in [0.1, 0.15) is 31.2 Å². The van der Waals surface area contributed by atoms with Gasteiger partial charge in [0.2, 0.25) is 0 Å². The molecule has 2 saturated heterocycles. The van der Waals surface area contributed by atoms with Crippen molar-refractivity contribution >= 4 is 11.8 Å². The van der Waals surface area contributed by atoms with Gasteiger partial charge in [-0.25, -0.2) is 9.59 Å². The molecule has 3 heterocycles. The second-order valence-electron chi connectivity index (χ2n) is 10.8. The van der Waals surface area contributed by atoms with Crippen molar-refractivity contribution in [3.8, 4) is 5.69 Å². The quantitative estimate of drug-likeness (QED) is 0.629. The summed E-state index contributed by atoms with van der Waals surface area (Å²) in [6.45, 7) is 4.50. The molecule has 9 heteroatoms. The number of anilines is 1. The van der Waals surface area contributed by atoms with Crippen LogP contribution in [-0.4, -0.2) is 63.6 Å². The van der Waals surface area contributed by atoms with Gasteiger partial charge >= 0.3 is 11.7 Å². The van der Waals surface area contributed by atoms with Crippen molar-refractivity contribution in [2.75, 3.05) is 31.5 Å². The molecule has 1 spiro atoms. The van der Waals surface area contributed by atoms with Crippen LogP contribution >= 0.6 is 0 Å². The van der Waals surface area contributed by atoms with Gasteiger partial charge in [0.25, 0.3) is 0 Å². The fourth-order valence-electron chi connectivity index (χ4n) is 6.31. The van der Waals surface area contributed by atoms with Gasteiger partial charge in [-0.05, 0) is 66.7 Å². The molecule has 2 aliphatic heterocycles. The number of likely N-dealkylation sites (tertiary alicyclic amines) is 2. The molecule has 1 aromatic carbocycles. The van der Waals surface area contributed by atoms with E-state index in [2.05, 4.69) is 27.3 Å². The molecule has 6 rings (SSSR count). The molecule has 0 bridgehead atoms. The van der Waals surface area contributed by atoms with Crippen LogP contribution in [-0.2, 0) is 6.54 Å². The molecule has 4 fully saturated rings. The van der Waals surface area contributed by atoms with E-state index < -0.39 is 5.69 Å². The van der Waals surface area contributed by atoms with Gasteiger partial charge in [-0.15, -0.1) is 0 Å². The highest BCUT2D eigenvalue weighted by atomic mass is 16.2. The first kappa shape index (κ1) is 21.8. The van der Waals surface area contributed by atoms with Crippen LogP contribution in [0, 0.1) is 17.3 Å². The van der Waals surface area contributed by atoms with Crippen LogP contribution in [0.15, 0.2) is 41.3 Å². The van der Waals surface area contributed by atoms with Crippen molar-refractivity contribution in [3.05, 3.63) is 52.6 Å². The summed E-state index contributed by atoms with van der Waals surface area (Å²) in [5.41, 5.74) is 13.9. The number of nitrogens with one attached hydrogen (secondary N) is 1. The van der Waals surface area contributed by atoms with Gasteiger partial charge in [-0.2, -0.15) is 4.98 Å². The maximum Gasteiger partial charge on any atom is 0.354 e. The summed E-state index contributed by atoms with van der Waals surface area (Å²) in [6, 6.07) is 10.2. The number of benzene rings is 1. The Balaban J connectivity index is 1.05. The smallest absolute Gasteiger partial charge is 0.328 e. The fraction of sp³-hybridized carbons (Fsp3) is 0.560. The third-order valence-corrected chi connectivity index (χ3v) is 8.50. The summed E-state index contributed by atoms with van der Waals surface area (Å²) in [6.07, 6.45) is 5.78. The number of nitrogens with zero attached hydrogens (tertiary/aromatic N) is 4. The van der Waals surface area contributed by atoms with E-state index >= 15 is 0 Å². The van der Waals surface area contributed by atoms with Gasteiger partial charge in [-0.3, -0.25) is 14.8 Å². The summed E-state index contributed by atoms with van der Waals surface area (Å²) in [4.78, 5) is 33.7. The summed E-state index contributed by atoms with van der Waals surface area (Å²) < 4.78 is 1.49. The maximum atomic E-state index is 12.7. The highest BCUT2D eigenvalue weighted by Gasteiger charge is 2.53. The minimum absolute atomic E-state index is 0.201. The number of aromatic nitrogens is 2. The number of nitrogens with two attached hydrogens (primary N) is 2. The van der Waals surface area contributed by atoms with Gasteiger partial charge in [0.05, 0.1) is 5.69 Å². The summed E-state index contributed by atoms with van der Waals surface area (Å²) in [7, 11) is 0. The lowest BCUT2D eigenvalue weighted by Gasteiger charge is -2.51. The van der Waals surface area contributed by atoms with Gasteiger partial charge in [0.1, 0.15) is 5.82 Å². The van der Waals surface area contributed by atoms with E-state index in [0.717, 1.165) is 51.0 Å². The minimum atomic E-state index is -0.416. The number of carbonyl (C=O) groups excluding carboxylic acids is 1. The van der Waals surface area contributed by atoms with E-state index in [1.54, 1.807) is 17.2 Å². The zero-order valence-corrected chi connectivity index (χ0v) is 19.4. The number of hydrogen-bond donors (Lipinski definition) is 3. The van der Waals surface area contributed by atoms with Crippen LogP contribution in [0.25, 0.3) is 5.69 Å². The zero-order chi connectivity index (χ0) is 23.4. The molecule has 4 aliphatic rings. The Morgan fingerprint density at radius 2 is 1.74 bits per heavy atom. The Kier molecular flexibility index (Phi) is 5.24. The van der Waals surface area contributed by atoms with Gasteiger partial charge in [0.15, 0.2) is 0 Å². The molecule has 0 unspecified atom stereocenters. The van der Waals surface area contributed by atoms with Crippen molar-refractivity contribution in [1.29, 1.82) is 0 Å². The number of urea groups is 1. The number of hydrogen-bond acceptors (Lipinski definition) is 6. The third-order valence-electron chi connectivity index (χ3n) is 8.50. The largest absolute Gasteiger partial charge is 0.354 e. The van der Waals surface area contributed by atoms with Crippen LogP contribution in [0.4, 0.5) is 10.6 Å². The highest BCUT2D eigenvalue weighted by Crippen LogP contribution is 2.48. The van der Waals surface area contributed by atoms with E-state index in [0.29, 0.717) is 42.4 Å². The van der Waals surface area contributed by atoms with E-state index in [9.17, 15) is 9.59 Å². The van der Waals surface area contributed by atoms with E-state index in [4.69, 9.17) is 11.5 Å². The monoisotopic (exact) mass is 463 g/mol. The van der Waals surface area contributed by atoms with Crippen molar-refractivity contribution < 1.29 is 4.79 Å². The van der Waals surface area contributed by atoms with Crippen LogP contribution < -0.4 is 22.5 Å². The predicted octanol–water partition coefficient (Wildman–Crippen LogP) is 1.36. The topological polar surface area (TPSA) is 123 Å². The lowest BCUT2D eigenvalue weighted by Crippen LogP contribution is -2.53. The number of piperidine rings is 2. The first-order valence-corrected chi connectivity index (χ1v) is 12.4. The van der Waals surface area contributed by atoms with Crippen molar-refractivity contribution in [2.45, 2.75) is 44.3 Å². The Morgan fingerprint density at radius 3 is 2.35 bits per heavy atom. The molecule has 2 saturated carbocycles. The molecular formula is C25H33N7O2. The third kappa shape index (κ3) is 4.01. The predicted molar refractivity (Wildman–Crippen MR) is 130 cm³/mol. The molecule has 34 heavy (non-hydrogen) atoms. The zero-order valence-electron chi connectivity index (χ0n) is 19.4. The first-order chi connectivity index (χ1) is 16.4. The lowest BCUT2D eigenvalue weighted by molar-refractivity contribution is 0.0317. The van der Waals surface area contributed by atoms with Gasteiger partial charge < -0.3 is 16.4 Å². The SMILES string of the molecule is NC1CC2(CCN(C(=O)Nc3ccn(-c4ccc(CN5C[C@@H]6[C@@H](N)[C@@H]6C5)cc4)c(=O)n3)CC2)C1. The van der Waals surface area contributed by atoms with Crippen molar-refractivity contribution in [1.82, 2.24) is 19.4 Å². The van der Waals surface area contributed by atoms with Crippen LogP contribution in [0.2, 0.25) is 0 Å². The summed E-state index contributed by atoms with van der Waals surface area (Å²) in [5.74, 6) is 1.63. The molecule has 0 radical (unpaired) electrons. The van der Waals surface area contributed by atoms with Crippen LogP contribution in [0.5, 0.6) is 0 Å². The Hall–Kier alpha value is -2.75. The average molecular weight is 464 g/mol. The fourth-order valence-corrected chi connectivity index (χ4v) is 6.31. The maximum absolute atomic E-state index is 12.7. The van der Waals surface area contributed by atoms with Crippen molar-refractivity contribution in [3.63, 3.8) is 0 Å². The molecule has 3 atom stereocenters. The molecular weight excluding hydrogens is 430 g/mol. The molecule has 2 amide bonds. The first-order valence-electron chi connectivity index (χ1n) is 12.4. The molecule has 9 nitrogen and oxygen atoms in total. The lowest BCUT2D eigenvalue weighted by atomic mass is 9.61. The number of carbonyl (C=O) groups is 1. The molecule has 5 N–H and O–H groups in total. The highest BCUT2D eigenvalue weighted by molar-refractivity contribution is 5.88. The Morgan fingerprint density at radius 1 is 1.06 bits per heavy atom. The summed E-state index contributed by atoms with van der Waals surface area (Å²) >= 11 is 0. The average Bonchev–Trinajstić information content (AvgIpc) is 3.19. The normalized spacial score (nSPS) is 27.9. The standard InChI is InChI=1S/C25H33N7O2/c26-17-11-25(12-17)6-9-31(10-7-25)23(33)28-21-5-8-32(24(34)29-21)18-3-1-16(2-4-18)13-30-14-19-20(15-30)22(19)27/h1-5,8,17,19-20,22H,6-7,9-15,26-27H2,(H,28,29,33,34)/t19-,20+,22+. The molecule has 180 valence electrons.